The molecule has 0 aliphatic rings. The lowest BCUT2D eigenvalue weighted by Gasteiger charge is -2.20. The summed E-state index contributed by atoms with van der Waals surface area (Å²) in [6.07, 6.45) is 0. The van der Waals surface area contributed by atoms with Crippen molar-refractivity contribution in [3.63, 3.8) is 0 Å². The van der Waals surface area contributed by atoms with E-state index in [1.165, 1.54) is 0 Å². The van der Waals surface area contributed by atoms with Gasteiger partial charge in [0.25, 0.3) is 2.86 Å². The first-order valence-electron chi connectivity index (χ1n) is 10.1. The van der Waals surface area contributed by atoms with Crippen molar-refractivity contribution in [2.45, 2.75) is 5.54 Å². The van der Waals surface area contributed by atoms with Gasteiger partial charge in [0.15, 0.2) is 0 Å². The SMILES string of the molecule is [2H]OC(=O)/C([2H])=C(/[2H])C(=O)O[2H].[2H]OC([2H])([2H])C(N([2H])[2H])(C([2H])([2H])O[2H])C([2H])([2H])O[2H]. The van der Waals surface area contributed by atoms with Gasteiger partial charge in [0.2, 0.25) is 4.29 Å². The zero-order valence-electron chi connectivity index (χ0n) is 22.3. The van der Waals surface area contributed by atoms with E-state index < -0.39 is 55.0 Å². The third kappa shape index (κ3) is 10.6. The largest absolute Gasteiger partial charge is 0.478 e. The Bertz CT molecular complexity index is 590. The molecule has 0 fully saturated rings. The summed E-state index contributed by atoms with van der Waals surface area (Å²) in [6, 6.07) is -2.25. The number of aliphatic hydroxyl groups is 3. The first kappa shape index (κ1) is 3.50. The van der Waals surface area contributed by atoms with Crippen molar-refractivity contribution in [2.75, 3.05) is 19.7 Å². The van der Waals surface area contributed by atoms with E-state index in [-0.39, 0.29) is 0 Å². The molecule has 0 radical (unpaired) electrons. The summed E-state index contributed by atoms with van der Waals surface area (Å²) < 4.78 is 103. The zero-order valence-corrected chi connectivity index (χ0v) is 7.30. The fourth-order valence-corrected chi connectivity index (χ4v) is 0.165. The van der Waals surface area contributed by atoms with Gasteiger partial charge in [-0.25, -0.2) is 9.59 Å². The molecule has 0 spiro atoms. The molecule has 0 saturated heterocycles. The monoisotopic (exact) mass is 252 g/mol. The second kappa shape index (κ2) is 8.80. The highest BCUT2D eigenvalue weighted by Crippen LogP contribution is 1.93. The zero-order chi connectivity index (χ0) is 25.4. The van der Waals surface area contributed by atoms with E-state index in [4.69, 9.17) is 20.9 Å². The lowest BCUT2D eigenvalue weighted by molar-refractivity contribution is -0.134. The molecular weight excluding hydrogens is 222 g/mol. The fourth-order valence-electron chi connectivity index (χ4n) is 0.165. The summed E-state index contributed by atoms with van der Waals surface area (Å²) in [5.74, 6) is -2.91. The van der Waals surface area contributed by atoms with Gasteiger partial charge in [0.05, 0.1) is 36.2 Å². The molecule has 0 aromatic heterocycles. The summed E-state index contributed by atoms with van der Waals surface area (Å²) in [6.45, 7) is -11.0. The topological polar surface area (TPSA) is 161 Å². The van der Waals surface area contributed by atoms with Crippen LogP contribution in [0.4, 0.5) is 0 Å². The van der Waals surface area contributed by atoms with Crippen LogP contribution in [0.1, 0.15) is 11.0 Å². The molecule has 0 rings (SSSR count). The maximum Gasteiger partial charge on any atom is 0.328 e. The van der Waals surface area contributed by atoms with Crippen LogP contribution < -0.4 is 5.72 Å². The van der Waals surface area contributed by atoms with Crippen LogP contribution in [0, 0.1) is 0 Å². The highest BCUT2D eigenvalue weighted by molar-refractivity contribution is 5.89. The molecule has 0 heterocycles. The third-order valence-corrected chi connectivity index (χ3v) is 0.710. The number of nitrogens with two attached hydrogens (primary N) is 1. The highest BCUT2D eigenvalue weighted by atomic mass is 16.4. The van der Waals surface area contributed by atoms with Crippen LogP contribution in [0.3, 0.4) is 0 Å². The Kier molecular flexibility index (Phi) is 1.93. The van der Waals surface area contributed by atoms with Crippen molar-refractivity contribution in [3.05, 3.63) is 12.1 Å². The van der Waals surface area contributed by atoms with Crippen LogP contribution in [0.15, 0.2) is 12.1 Å². The molecule has 0 bridgehead atoms. The molecule has 0 aliphatic heterocycles. The quantitative estimate of drug-likeness (QED) is 0.243. The minimum atomic E-state index is -3.72. The Balaban J connectivity index is 0. The van der Waals surface area contributed by atoms with E-state index in [2.05, 4.69) is 25.5 Å². The van der Waals surface area contributed by atoms with Crippen molar-refractivity contribution in [1.82, 2.24) is 0 Å². The molecule has 0 aromatic carbocycles. The predicted molar refractivity (Wildman–Crippen MR) is 52.6 cm³/mol. The molecule has 8 heteroatoms. The van der Waals surface area contributed by atoms with Gasteiger partial charge in [-0.2, -0.15) is 0 Å². The van der Waals surface area contributed by atoms with Crippen molar-refractivity contribution in [1.29, 1.82) is 7.16 Å². The first-order chi connectivity index (χ1) is 13.9. The van der Waals surface area contributed by atoms with E-state index in [0.717, 1.165) is 0 Å². The van der Waals surface area contributed by atoms with Crippen LogP contribution in [-0.2, 0) is 9.59 Å². The van der Waals surface area contributed by atoms with E-state index >= 15 is 0 Å². The summed E-state index contributed by atoms with van der Waals surface area (Å²) in [7, 11) is 0. The lowest BCUT2D eigenvalue weighted by atomic mass is 10.1. The molecule has 0 aromatic rings. The second-order valence-electron chi connectivity index (χ2n) is 1.84. The summed E-state index contributed by atoms with van der Waals surface area (Å²) in [5, 5.41) is 17.2. The Labute approximate surface area is 113 Å². The number of carboxylic acid groups (broad SMARTS) is 2. The standard InChI is InChI=1S/C4H11NO3.C4H4O4/c5-4(1-6,2-7)3-8;5-3(6)1-2-4(7)8/h6-8H,1-3,5H2;1-2H,(H,5,6)(H,7,8)/b;2-1-/i1D2,2D2,3D2,6D,7D,8D;1D,2D/hD4. The molecule has 94 valence electrons. The lowest BCUT2D eigenvalue weighted by Crippen LogP contribution is -2.50. The Morgan fingerprint density at radius 1 is 1.25 bits per heavy atom. The normalized spacial score (nSPS) is 27.7. The molecular formula is C8H15NO7. The van der Waals surface area contributed by atoms with Gasteiger partial charge in [-0.1, -0.05) is 0 Å². The smallest absolute Gasteiger partial charge is 0.328 e. The Hall–Kier alpha value is -1.48. The summed E-state index contributed by atoms with van der Waals surface area (Å²) in [4.78, 5) is 20.7. The van der Waals surface area contributed by atoms with Crippen molar-refractivity contribution < 1.29 is 48.9 Å². The minimum Gasteiger partial charge on any atom is -0.478 e. The van der Waals surface area contributed by atoms with E-state index in [1.807, 2.05) is 0 Å². The van der Waals surface area contributed by atoms with E-state index in [1.54, 1.807) is 0 Å². The maximum absolute atomic E-state index is 10.3. The molecule has 0 aliphatic carbocycles. The van der Waals surface area contributed by atoms with Gasteiger partial charge >= 0.3 is 11.9 Å². The summed E-state index contributed by atoms with van der Waals surface area (Å²) in [5.41, 5.74) is -4.55. The maximum atomic E-state index is 10.3. The van der Waals surface area contributed by atoms with Crippen LogP contribution in [-0.4, -0.2) is 67.0 Å². The molecule has 7 N–H and O–H groups in total. The number of hydrogen-bond acceptors (Lipinski definition) is 8. The average Bonchev–Trinajstić information content (AvgIpc) is 2.71. The average molecular weight is 252 g/mol. The molecule has 16 heavy (non-hydrogen) atoms. The van der Waals surface area contributed by atoms with Gasteiger partial charge in [0, 0.05) is 12.1 Å². The van der Waals surface area contributed by atoms with Gasteiger partial charge in [0.1, 0.15) is 2.82 Å². The number of hydrogen-bond donors (Lipinski definition) is 6. The third-order valence-electron chi connectivity index (χ3n) is 0.710. The van der Waals surface area contributed by atoms with Crippen LogP contribution >= 0.6 is 0 Å². The van der Waals surface area contributed by atoms with E-state index in [9.17, 15) is 9.59 Å². The molecule has 0 saturated carbocycles. The van der Waals surface area contributed by atoms with Gasteiger partial charge in [-0.15, -0.1) is 0 Å². The number of aliphatic carboxylic acids is 2. The Morgan fingerprint density at radius 2 is 1.69 bits per heavy atom. The first-order valence-corrected chi connectivity index (χ1v) is 3.15. The van der Waals surface area contributed by atoms with Crippen molar-refractivity contribution in [3.8, 4) is 0 Å². The summed E-state index contributed by atoms with van der Waals surface area (Å²) >= 11 is 0. The van der Waals surface area contributed by atoms with E-state index in [0.29, 0.717) is 0 Å². The molecule has 0 atom stereocenters. The van der Waals surface area contributed by atoms with Crippen LogP contribution in [0.25, 0.3) is 2.86 Å². The highest BCUT2D eigenvalue weighted by Gasteiger charge is 2.20. The second-order valence-corrected chi connectivity index (χ2v) is 1.84. The Morgan fingerprint density at radius 3 is 1.94 bits per heavy atom. The molecule has 0 unspecified atom stereocenters. The predicted octanol–water partition coefficient (Wildman–Crippen LogP) is -2.63. The minimum absolute atomic E-state index is 0.829. The van der Waals surface area contributed by atoms with Gasteiger partial charge < -0.3 is 31.3 Å². The molecule has 8 nitrogen and oxygen atoms in total. The van der Waals surface area contributed by atoms with Crippen LogP contribution in [0.5, 0.6) is 0 Å². The van der Waals surface area contributed by atoms with Gasteiger partial charge in [-0.05, 0) is 0 Å². The fraction of sp³-hybridized carbons (Fsp3) is 0.500. The van der Waals surface area contributed by atoms with Crippen LogP contribution in [0.2, 0.25) is 2.82 Å². The van der Waals surface area contributed by atoms with Crippen molar-refractivity contribution in [2.24, 2.45) is 5.72 Å². The number of rotatable bonds is 9. The van der Waals surface area contributed by atoms with Crippen molar-refractivity contribution >= 4 is 11.9 Å². The molecule has 0 amide bonds. The van der Waals surface area contributed by atoms with Gasteiger partial charge in [-0.3, -0.25) is 0 Å². The number of carbonyl (C=O) groups is 2. The number of carboxylic acids is 2.